The Morgan fingerprint density at radius 3 is 2.81 bits per heavy atom. The molecule has 1 aliphatic rings. The largest absolute Gasteiger partial charge is 0.322 e. The van der Waals surface area contributed by atoms with Gasteiger partial charge in [-0.25, -0.2) is 0 Å². The maximum Gasteiger partial charge on any atom is 0.0644 e. The third-order valence-corrected chi connectivity index (χ3v) is 4.40. The smallest absolute Gasteiger partial charge is 0.0644 e. The molecular weight excluding hydrogens is 260 g/mol. The van der Waals surface area contributed by atoms with E-state index in [-0.39, 0.29) is 6.04 Å². The van der Waals surface area contributed by atoms with Crippen LogP contribution in [0.15, 0.2) is 24.5 Å². The maximum absolute atomic E-state index is 6.33. The van der Waals surface area contributed by atoms with Gasteiger partial charge in [0.1, 0.15) is 0 Å². The van der Waals surface area contributed by atoms with Crippen LogP contribution in [0.2, 0.25) is 0 Å². The van der Waals surface area contributed by atoms with Crippen molar-refractivity contribution in [2.75, 3.05) is 0 Å². The number of pyridine rings is 1. The molecule has 0 spiro atoms. The average molecular weight is 284 g/mol. The molecule has 1 unspecified atom stereocenters. The molecule has 0 amide bonds. The number of aryl methyl sites for hydroxylation is 2. The van der Waals surface area contributed by atoms with Gasteiger partial charge in [0.15, 0.2) is 0 Å². The van der Waals surface area contributed by atoms with Crippen molar-refractivity contribution in [2.24, 2.45) is 5.73 Å². The number of rotatable bonds is 4. The Morgan fingerprint density at radius 2 is 2.10 bits per heavy atom. The third kappa shape index (κ3) is 3.16. The molecular formula is C17H24N4. The minimum atomic E-state index is -0.0856. The molecule has 3 rings (SSSR count). The van der Waals surface area contributed by atoms with E-state index in [9.17, 15) is 0 Å². The van der Waals surface area contributed by atoms with Gasteiger partial charge in [-0.1, -0.05) is 18.9 Å². The number of hydrogen-bond donors (Lipinski definition) is 1. The summed E-state index contributed by atoms with van der Waals surface area (Å²) in [6.45, 7) is 4.13. The Balaban J connectivity index is 1.70. The second kappa shape index (κ2) is 5.98. The molecule has 2 heterocycles. The van der Waals surface area contributed by atoms with Crippen molar-refractivity contribution in [1.29, 1.82) is 0 Å². The van der Waals surface area contributed by atoms with Gasteiger partial charge in [0.25, 0.3) is 0 Å². The van der Waals surface area contributed by atoms with Crippen LogP contribution in [-0.4, -0.2) is 14.8 Å². The van der Waals surface area contributed by atoms with E-state index in [0.717, 1.165) is 23.4 Å². The predicted molar refractivity (Wildman–Crippen MR) is 84.1 cm³/mol. The standard InChI is InChI=1S/C17H24N4/c1-12-9-13(2)17(19-11-12)16(18)10-14-7-8-21(20-14)15-5-3-4-6-15/h7-9,11,15-16H,3-6,10,18H2,1-2H3. The van der Waals surface area contributed by atoms with Crippen LogP contribution in [0, 0.1) is 13.8 Å². The zero-order valence-electron chi connectivity index (χ0n) is 12.9. The van der Waals surface area contributed by atoms with Gasteiger partial charge in [-0.05, 0) is 43.9 Å². The van der Waals surface area contributed by atoms with Crippen LogP contribution >= 0.6 is 0 Å². The Hall–Kier alpha value is -1.68. The molecule has 1 atom stereocenters. The molecule has 0 aliphatic heterocycles. The summed E-state index contributed by atoms with van der Waals surface area (Å²) in [7, 11) is 0. The Bertz CT molecular complexity index is 611. The van der Waals surface area contributed by atoms with Crippen molar-refractivity contribution in [3.8, 4) is 0 Å². The number of nitrogens with zero attached hydrogens (tertiary/aromatic N) is 3. The van der Waals surface area contributed by atoms with Crippen LogP contribution in [0.3, 0.4) is 0 Å². The summed E-state index contributed by atoms with van der Waals surface area (Å²) in [5.74, 6) is 0. The van der Waals surface area contributed by atoms with E-state index in [2.05, 4.69) is 41.8 Å². The second-order valence-electron chi connectivity index (χ2n) is 6.25. The molecule has 1 saturated carbocycles. The molecule has 112 valence electrons. The molecule has 2 N–H and O–H groups in total. The summed E-state index contributed by atoms with van der Waals surface area (Å²) in [5, 5.41) is 4.71. The highest BCUT2D eigenvalue weighted by atomic mass is 15.3. The minimum Gasteiger partial charge on any atom is -0.322 e. The highest BCUT2D eigenvalue weighted by molar-refractivity contribution is 5.26. The molecule has 2 aromatic heterocycles. The summed E-state index contributed by atoms with van der Waals surface area (Å²) < 4.78 is 2.13. The van der Waals surface area contributed by atoms with Crippen LogP contribution in [-0.2, 0) is 6.42 Å². The first-order valence-electron chi connectivity index (χ1n) is 7.86. The van der Waals surface area contributed by atoms with E-state index in [4.69, 9.17) is 10.8 Å². The molecule has 0 saturated heterocycles. The van der Waals surface area contributed by atoms with Gasteiger partial charge in [0, 0.05) is 18.8 Å². The zero-order chi connectivity index (χ0) is 14.8. The van der Waals surface area contributed by atoms with Crippen molar-refractivity contribution in [2.45, 2.75) is 58.0 Å². The van der Waals surface area contributed by atoms with Gasteiger partial charge in [-0.2, -0.15) is 5.10 Å². The lowest BCUT2D eigenvalue weighted by Gasteiger charge is -2.13. The number of nitrogens with two attached hydrogens (primary N) is 1. The first-order chi connectivity index (χ1) is 10.1. The van der Waals surface area contributed by atoms with Gasteiger partial charge >= 0.3 is 0 Å². The van der Waals surface area contributed by atoms with Crippen molar-refractivity contribution in [3.63, 3.8) is 0 Å². The van der Waals surface area contributed by atoms with Gasteiger partial charge in [0.05, 0.1) is 23.5 Å². The first-order valence-corrected chi connectivity index (χ1v) is 7.86. The summed E-state index contributed by atoms with van der Waals surface area (Å²) in [6, 6.07) is 4.74. The average Bonchev–Trinajstić information content (AvgIpc) is 3.08. The molecule has 0 bridgehead atoms. The van der Waals surface area contributed by atoms with Gasteiger partial charge in [-0.15, -0.1) is 0 Å². The SMILES string of the molecule is Cc1cnc(C(N)Cc2ccn(C3CCCC3)n2)c(C)c1. The Morgan fingerprint density at radius 1 is 1.33 bits per heavy atom. The topological polar surface area (TPSA) is 56.7 Å². The monoisotopic (exact) mass is 284 g/mol. The summed E-state index contributed by atoms with van der Waals surface area (Å²) in [4.78, 5) is 4.50. The van der Waals surface area contributed by atoms with Gasteiger partial charge < -0.3 is 5.73 Å². The molecule has 0 aromatic carbocycles. The first kappa shape index (κ1) is 14.3. The fraction of sp³-hybridized carbons (Fsp3) is 0.529. The lowest BCUT2D eigenvalue weighted by atomic mass is 10.0. The van der Waals surface area contributed by atoms with E-state index in [1.54, 1.807) is 0 Å². The number of aromatic nitrogens is 3. The Labute approximate surface area is 126 Å². The lowest BCUT2D eigenvalue weighted by molar-refractivity contribution is 0.461. The van der Waals surface area contributed by atoms with E-state index in [0.29, 0.717) is 6.04 Å². The van der Waals surface area contributed by atoms with E-state index < -0.39 is 0 Å². The van der Waals surface area contributed by atoms with Crippen molar-refractivity contribution in [1.82, 2.24) is 14.8 Å². The summed E-state index contributed by atoms with van der Waals surface area (Å²) in [6.07, 6.45) is 9.90. The molecule has 2 aromatic rings. The third-order valence-electron chi connectivity index (χ3n) is 4.40. The van der Waals surface area contributed by atoms with E-state index in [1.165, 1.54) is 31.2 Å². The quantitative estimate of drug-likeness (QED) is 0.937. The molecule has 1 aliphatic carbocycles. The molecule has 1 fully saturated rings. The normalized spacial score (nSPS) is 17.3. The molecule has 0 radical (unpaired) electrons. The van der Waals surface area contributed by atoms with Crippen molar-refractivity contribution >= 4 is 0 Å². The molecule has 4 heteroatoms. The summed E-state index contributed by atoms with van der Waals surface area (Å²) >= 11 is 0. The van der Waals surface area contributed by atoms with Crippen LogP contribution in [0.25, 0.3) is 0 Å². The fourth-order valence-electron chi connectivity index (χ4n) is 3.29. The fourth-order valence-corrected chi connectivity index (χ4v) is 3.29. The van der Waals surface area contributed by atoms with Crippen molar-refractivity contribution in [3.05, 3.63) is 47.0 Å². The van der Waals surface area contributed by atoms with Crippen molar-refractivity contribution < 1.29 is 0 Å². The van der Waals surface area contributed by atoms with Crippen LogP contribution in [0.1, 0.15) is 60.3 Å². The highest BCUT2D eigenvalue weighted by Crippen LogP contribution is 2.29. The maximum atomic E-state index is 6.33. The second-order valence-corrected chi connectivity index (χ2v) is 6.25. The molecule has 21 heavy (non-hydrogen) atoms. The van der Waals surface area contributed by atoms with Gasteiger partial charge in [-0.3, -0.25) is 9.67 Å². The van der Waals surface area contributed by atoms with E-state index >= 15 is 0 Å². The lowest BCUT2D eigenvalue weighted by Crippen LogP contribution is -2.17. The predicted octanol–water partition coefficient (Wildman–Crippen LogP) is 3.25. The number of hydrogen-bond acceptors (Lipinski definition) is 3. The van der Waals surface area contributed by atoms with E-state index in [1.807, 2.05) is 6.20 Å². The van der Waals surface area contributed by atoms with Crippen LogP contribution < -0.4 is 5.73 Å². The molecule has 4 nitrogen and oxygen atoms in total. The minimum absolute atomic E-state index is 0.0856. The Kier molecular flexibility index (Phi) is 4.06. The van der Waals surface area contributed by atoms with Gasteiger partial charge in [0.2, 0.25) is 0 Å². The van der Waals surface area contributed by atoms with Crippen LogP contribution in [0.5, 0.6) is 0 Å². The zero-order valence-corrected chi connectivity index (χ0v) is 12.9. The summed E-state index contributed by atoms with van der Waals surface area (Å²) in [5.41, 5.74) is 10.7. The van der Waals surface area contributed by atoms with Crippen LogP contribution in [0.4, 0.5) is 0 Å². The highest BCUT2D eigenvalue weighted by Gasteiger charge is 2.19.